The maximum Gasteiger partial charge on any atom is 0.343 e. The van der Waals surface area contributed by atoms with E-state index in [4.69, 9.17) is 5.73 Å². The average molecular weight is 422 g/mol. The Balaban J connectivity index is 2.17. The molecule has 0 aliphatic heterocycles. The molecule has 1 aliphatic carbocycles. The summed E-state index contributed by atoms with van der Waals surface area (Å²) in [6.45, 7) is -2.17. The van der Waals surface area contributed by atoms with Crippen molar-refractivity contribution < 1.29 is 26.4 Å². The summed E-state index contributed by atoms with van der Waals surface area (Å²) in [4.78, 5) is 11.9. The lowest BCUT2D eigenvalue weighted by atomic mass is 9.84. The molecule has 7 nitrogen and oxygen atoms in total. The van der Waals surface area contributed by atoms with Gasteiger partial charge in [-0.2, -0.15) is 8.78 Å². The van der Waals surface area contributed by atoms with Gasteiger partial charge in [0.05, 0.1) is 11.7 Å². The average Bonchev–Trinajstić information content (AvgIpc) is 2.67. The van der Waals surface area contributed by atoms with Gasteiger partial charge in [-0.1, -0.05) is 19.3 Å². The lowest BCUT2D eigenvalue weighted by Gasteiger charge is -2.26. The molecule has 0 saturated heterocycles. The molecule has 0 radical (unpaired) electrons. The normalized spacial score (nSPS) is 17.2. The number of sulfonamides is 1. The molecule has 1 fully saturated rings. The summed E-state index contributed by atoms with van der Waals surface area (Å²) in [7, 11) is -3.30. The number of halogens is 3. The molecule has 158 valence electrons. The Hall–Kier alpha value is -1.85. The zero-order valence-corrected chi connectivity index (χ0v) is 16.3. The Kier molecular flexibility index (Phi) is 7.29. The van der Waals surface area contributed by atoms with E-state index in [0.29, 0.717) is 0 Å². The van der Waals surface area contributed by atoms with E-state index in [1.54, 1.807) is 0 Å². The molecule has 0 spiro atoms. The van der Waals surface area contributed by atoms with Crippen molar-refractivity contribution in [3.8, 4) is 0 Å². The standard InChI is InChI=1S/C17H25F3N4O3S/c1-22-13-9-12(23-16(25)15(21)11-5-3-2-4-6-11)7-8-14(13)28(26,27)24-17(19,20)10-18/h7-9,11,15,22,24H,2-6,10,21H2,1H3,(H,23,25)/t15-/m0/s1. The van der Waals surface area contributed by atoms with Crippen LogP contribution in [0.2, 0.25) is 0 Å². The topological polar surface area (TPSA) is 113 Å². The van der Waals surface area contributed by atoms with Crippen molar-refractivity contribution in [3.05, 3.63) is 18.2 Å². The molecule has 0 heterocycles. The molecular formula is C17H25F3N4O3S. The van der Waals surface area contributed by atoms with Gasteiger partial charge in [0.2, 0.25) is 15.9 Å². The molecule has 5 N–H and O–H groups in total. The number of alkyl halides is 3. The summed E-state index contributed by atoms with van der Waals surface area (Å²) in [5.74, 6) is -0.309. The van der Waals surface area contributed by atoms with Gasteiger partial charge in [0.15, 0.2) is 6.67 Å². The number of anilines is 2. The summed E-state index contributed by atoms with van der Waals surface area (Å²) in [5, 5.41) is 5.20. The second-order valence-electron chi connectivity index (χ2n) is 6.82. The highest BCUT2D eigenvalue weighted by molar-refractivity contribution is 7.89. The largest absolute Gasteiger partial charge is 0.387 e. The Bertz CT molecular complexity index is 799. The number of carbonyl (C=O) groups is 1. The minimum Gasteiger partial charge on any atom is -0.387 e. The van der Waals surface area contributed by atoms with Gasteiger partial charge in [-0.3, -0.25) is 4.79 Å². The number of hydrogen-bond donors (Lipinski definition) is 4. The lowest BCUT2D eigenvalue weighted by Crippen LogP contribution is -2.43. The van der Waals surface area contributed by atoms with Crippen LogP contribution in [0.4, 0.5) is 24.5 Å². The number of benzene rings is 1. The zero-order chi connectivity index (χ0) is 20.9. The van der Waals surface area contributed by atoms with Gasteiger partial charge >= 0.3 is 6.05 Å². The monoisotopic (exact) mass is 422 g/mol. The molecule has 2 rings (SSSR count). The highest BCUT2D eigenvalue weighted by Crippen LogP contribution is 2.28. The van der Waals surface area contributed by atoms with Crippen LogP contribution in [-0.2, 0) is 14.8 Å². The number of carbonyl (C=O) groups excluding carboxylic acids is 1. The van der Waals surface area contributed by atoms with Gasteiger partial charge in [-0.05, 0) is 37.0 Å². The van der Waals surface area contributed by atoms with Gasteiger partial charge in [0.1, 0.15) is 4.90 Å². The maximum absolute atomic E-state index is 13.1. The third-order valence-corrected chi connectivity index (χ3v) is 6.22. The Morgan fingerprint density at radius 1 is 1.29 bits per heavy atom. The fourth-order valence-electron chi connectivity index (χ4n) is 3.25. The molecule has 1 aromatic carbocycles. The van der Waals surface area contributed by atoms with E-state index < -0.39 is 39.6 Å². The highest BCUT2D eigenvalue weighted by Gasteiger charge is 2.36. The molecule has 11 heteroatoms. The van der Waals surface area contributed by atoms with Crippen molar-refractivity contribution in [3.63, 3.8) is 0 Å². The second-order valence-corrected chi connectivity index (χ2v) is 8.47. The lowest BCUT2D eigenvalue weighted by molar-refractivity contribution is -0.118. The van der Waals surface area contributed by atoms with Crippen LogP contribution in [0.1, 0.15) is 32.1 Å². The van der Waals surface area contributed by atoms with Crippen molar-refractivity contribution in [1.82, 2.24) is 4.72 Å². The summed E-state index contributed by atoms with van der Waals surface area (Å²) in [6.07, 6.45) is 4.93. The predicted molar refractivity (Wildman–Crippen MR) is 100 cm³/mol. The van der Waals surface area contributed by atoms with Gasteiger partial charge in [-0.15, -0.1) is 4.72 Å². The fraction of sp³-hybridized carbons (Fsp3) is 0.588. The summed E-state index contributed by atoms with van der Waals surface area (Å²) in [5.41, 5.74) is 6.27. The second kappa shape index (κ2) is 9.10. The van der Waals surface area contributed by atoms with Crippen LogP contribution >= 0.6 is 0 Å². The van der Waals surface area contributed by atoms with Crippen molar-refractivity contribution in [2.75, 3.05) is 24.4 Å². The number of nitrogens with one attached hydrogen (secondary N) is 3. The molecule has 0 bridgehead atoms. The predicted octanol–water partition coefficient (Wildman–Crippen LogP) is 2.42. The molecule has 28 heavy (non-hydrogen) atoms. The molecule has 0 unspecified atom stereocenters. The molecule has 1 amide bonds. The Morgan fingerprint density at radius 3 is 2.50 bits per heavy atom. The SMILES string of the molecule is CNc1cc(NC(=O)[C@@H](N)C2CCCCC2)ccc1S(=O)(=O)NC(F)(F)CF. The van der Waals surface area contributed by atoms with Gasteiger partial charge in [0, 0.05) is 12.7 Å². The van der Waals surface area contributed by atoms with E-state index in [0.717, 1.165) is 42.9 Å². The number of rotatable bonds is 8. The first-order chi connectivity index (χ1) is 13.1. The van der Waals surface area contributed by atoms with Crippen molar-refractivity contribution in [2.45, 2.75) is 49.1 Å². The third kappa shape index (κ3) is 5.58. The van der Waals surface area contributed by atoms with Crippen LogP contribution in [-0.4, -0.2) is 40.1 Å². The van der Waals surface area contributed by atoms with Gasteiger partial charge in [-0.25, -0.2) is 12.8 Å². The number of nitrogens with two attached hydrogens (primary N) is 1. The maximum atomic E-state index is 13.1. The van der Waals surface area contributed by atoms with Gasteiger partial charge in [0.25, 0.3) is 0 Å². The molecular weight excluding hydrogens is 397 g/mol. The van der Waals surface area contributed by atoms with Crippen molar-refractivity contribution >= 4 is 27.3 Å². The quantitative estimate of drug-likeness (QED) is 0.481. The summed E-state index contributed by atoms with van der Waals surface area (Å²) in [6, 6.07) is -1.32. The molecule has 1 aliphatic rings. The van der Waals surface area contributed by atoms with E-state index in [1.807, 2.05) is 0 Å². The first kappa shape index (κ1) is 22.4. The van der Waals surface area contributed by atoms with Crippen molar-refractivity contribution in [2.24, 2.45) is 11.7 Å². The van der Waals surface area contributed by atoms with Crippen LogP contribution in [0.5, 0.6) is 0 Å². The smallest absolute Gasteiger partial charge is 0.343 e. The van der Waals surface area contributed by atoms with Crippen LogP contribution in [0.25, 0.3) is 0 Å². The molecule has 1 aromatic rings. The minimum absolute atomic E-state index is 0.0359. The van der Waals surface area contributed by atoms with Crippen LogP contribution in [0, 0.1) is 5.92 Å². The summed E-state index contributed by atoms with van der Waals surface area (Å²) < 4.78 is 63.8. The third-order valence-electron chi connectivity index (χ3n) is 4.72. The fourth-order valence-corrected chi connectivity index (χ4v) is 4.50. The molecule has 1 saturated carbocycles. The molecule has 1 atom stereocenters. The van der Waals surface area contributed by atoms with Gasteiger partial charge < -0.3 is 16.4 Å². The minimum atomic E-state index is -4.69. The Morgan fingerprint density at radius 2 is 1.93 bits per heavy atom. The first-order valence-electron chi connectivity index (χ1n) is 8.95. The van der Waals surface area contributed by atoms with Crippen LogP contribution < -0.4 is 21.1 Å². The number of hydrogen-bond acceptors (Lipinski definition) is 5. The van der Waals surface area contributed by atoms with Crippen molar-refractivity contribution in [1.29, 1.82) is 0 Å². The number of amides is 1. The van der Waals surface area contributed by atoms with E-state index >= 15 is 0 Å². The van der Waals surface area contributed by atoms with E-state index in [-0.39, 0.29) is 17.3 Å². The van der Waals surface area contributed by atoms with E-state index in [2.05, 4.69) is 10.6 Å². The van der Waals surface area contributed by atoms with E-state index in [9.17, 15) is 26.4 Å². The highest BCUT2D eigenvalue weighted by atomic mass is 32.2. The Labute approximate surface area is 162 Å². The first-order valence-corrected chi connectivity index (χ1v) is 10.4. The molecule has 0 aromatic heterocycles. The summed E-state index contributed by atoms with van der Waals surface area (Å²) >= 11 is 0. The van der Waals surface area contributed by atoms with E-state index in [1.165, 1.54) is 19.2 Å². The zero-order valence-electron chi connectivity index (χ0n) is 15.5. The van der Waals surface area contributed by atoms with Crippen LogP contribution in [0.3, 0.4) is 0 Å². The van der Waals surface area contributed by atoms with Crippen LogP contribution in [0.15, 0.2) is 23.1 Å².